The lowest BCUT2D eigenvalue weighted by molar-refractivity contribution is 0.627. The minimum Gasteiger partial charge on any atom is -0.366 e. The van der Waals surface area contributed by atoms with Crippen LogP contribution >= 0.6 is 11.6 Å². The highest BCUT2D eigenvalue weighted by molar-refractivity contribution is 6.30. The molecule has 7 heteroatoms. The Morgan fingerprint density at radius 2 is 2.00 bits per heavy atom. The van der Waals surface area contributed by atoms with Crippen molar-refractivity contribution in [2.24, 2.45) is 5.84 Å². The lowest BCUT2D eigenvalue weighted by atomic mass is 10.2. The highest BCUT2D eigenvalue weighted by Gasteiger charge is 2.02. The average Bonchev–Trinajstić information content (AvgIpc) is 2.40. The summed E-state index contributed by atoms with van der Waals surface area (Å²) in [5.41, 5.74) is 3.27. The van der Waals surface area contributed by atoms with Gasteiger partial charge in [0.25, 0.3) is 0 Å². The summed E-state index contributed by atoms with van der Waals surface area (Å²) in [7, 11) is 0. The molecule has 0 spiro atoms. The molecule has 2 aromatic rings. The molecule has 0 aliphatic carbocycles. The summed E-state index contributed by atoms with van der Waals surface area (Å²) in [4.78, 5) is 7.90. The zero-order valence-electron chi connectivity index (χ0n) is 9.32. The van der Waals surface area contributed by atoms with Crippen LogP contribution in [0.25, 0.3) is 0 Å². The molecule has 0 saturated carbocycles. The van der Waals surface area contributed by atoms with Gasteiger partial charge in [-0.1, -0.05) is 17.7 Å². The molecule has 0 fully saturated rings. The number of hydrogen-bond acceptors (Lipinski definition) is 5. The molecule has 1 aromatic carbocycles. The van der Waals surface area contributed by atoms with Gasteiger partial charge < -0.3 is 10.7 Å². The van der Waals surface area contributed by atoms with Crippen molar-refractivity contribution in [1.82, 2.24) is 9.97 Å². The van der Waals surface area contributed by atoms with Gasteiger partial charge in [0.15, 0.2) is 0 Å². The fraction of sp³-hybridized carbons (Fsp3) is 0.0909. The van der Waals surface area contributed by atoms with E-state index in [-0.39, 0.29) is 5.02 Å². The molecule has 94 valence electrons. The number of rotatable bonds is 4. The molecule has 0 aliphatic heterocycles. The summed E-state index contributed by atoms with van der Waals surface area (Å²) in [6.45, 7) is 0.473. The van der Waals surface area contributed by atoms with E-state index in [0.717, 1.165) is 5.56 Å². The number of hydrogen-bond donors (Lipinski definition) is 3. The van der Waals surface area contributed by atoms with Crippen LogP contribution in [0.1, 0.15) is 5.56 Å². The van der Waals surface area contributed by atoms with Gasteiger partial charge in [0, 0.05) is 12.6 Å². The molecule has 0 aliphatic rings. The number of nitrogens with zero attached hydrogens (tertiary/aromatic N) is 2. The Labute approximate surface area is 108 Å². The Morgan fingerprint density at radius 3 is 2.72 bits per heavy atom. The number of aromatic nitrogens is 2. The molecular weight excluding hydrogens is 257 g/mol. The molecule has 0 radical (unpaired) electrons. The molecule has 5 nitrogen and oxygen atoms in total. The first-order valence-electron chi connectivity index (χ1n) is 5.15. The summed E-state index contributed by atoms with van der Waals surface area (Å²) in [5.74, 6) is 5.92. The molecule has 0 unspecified atom stereocenters. The van der Waals surface area contributed by atoms with Crippen molar-refractivity contribution in [3.8, 4) is 0 Å². The predicted octanol–water partition coefficient (Wildman–Crippen LogP) is 2.17. The zero-order valence-corrected chi connectivity index (χ0v) is 10.1. The zero-order chi connectivity index (χ0) is 13.0. The van der Waals surface area contributed by atoms with Crippen LogP contribution in [-0.2, 0) is 6.54 Å². The van der Waals surface area contributed by atoms with Gasteiger partial charge in [0.1, 0.15) is 23.8 Å². The second-order valence-electron chi connectivity index (χ2n) is 3.53. The van der Waals surface area contributed by atoms with Crippen LogP contribution < -0.4 is 16.6 Å². The van der Waals surface area contributed by atoms with E-state index in [1.165, 1.54) is 12.4 Å². The first-order valence-corrected chi connectivity index (χ1v) is 5.53. The van der Waals surface area contributed by atoms with Crippen LogP contribution in [-0.4, -0.2) is 9.97 Å². The lowest BCUT2D eigenvalue weighted by Gasteiger charge is -2.07. The molecule has 18 heavy (non-hydrogen) atoms. The van der Waals surface area contributed by atoms with Gasteiger partial charge in [-0.2, -0.15) is 0 Å². The van der Waals surface area contributed by atoms with Crippen molar-refractivity contribution in [3.05, 3.63) is 47.0 Å². The Hall–Kier alpha value is -1.92. The molecule has 1 heterocycles. The van der Waals surface area contributed by atoms with E-state index in [4.69, 9.17) is 17.4 Å². The third-order valence-corrected chi connectivity index (χ3v) is 2.56. The van der Waals surface area contributed by atoms with Gasteiger partial charge in [0.2, 0.25) is 0 Å². The molecule has 0 saturated heterocycles. The van der Waals surface area contributed by atoms with Crippen LogP contribution in [0, 0.1) is 5.82 Å². The van der Waals surface area contributed by atoms with Crippen LogP contribution in [0.15, 0.2) is 30.6 Å². The van der Waals surface area contributed by atoms with E-state index in [0.29, 0.717) is 18.2 Å². The third kappa shape index (κ3) is 3.06. The monoisotopic (exact) mass is 267 g/mol. The fourth-order valence-corrected chi connectivity index (χ4v) is 1.58. The second kappa shape index (κ2) is 5.61. The molecule has 0 amide bonds. The van der Waals surface area contributed by atoms with Crippen molar-refractivity contribution in [2.75, 3.05) is 10.7 Å². The standard InChI is InChI=1S/C11H11ClFN5/c12-8-3-7(1-2-9(8)13)5-15-10-4-11(18-14)17-6-16-10/h1-4,6H,5,14H2,(H2,15,16,17,18). The number of anilines is 2. The van der Waals surface area contributed by atoms with Crippen molar-refractivity contribution in [3.63, 3.8) is 0 Å². The van der Waals surface area contributed by atoms with Crippen molar-refractivity contribution >= 4 is 23.2 Å². The number of nitrogen functional groups attached to an aromatic ring is 1. The van der Waals surface area contributed by atoms with E-state index in [1.807, 2.05) is 0 Å². The van der Waals surface area contributed by atoms with Crippen LogP contribution in [0.5, 0.6) is 0 Å². The van der Waals surface area contributed by atoms with Crippen LogP contribution in [0.3, 0.4) is 0 Å². The summed E-state index contributed by atoms with van der Waals surface area (Å²) in [6.07, 6.45) is 1.38. The van der Waals surface area contributed by atoms with Gasteiger partial charge in [-0.25, -0.2) is 20.2 Å². The van der Waals surface area contributed by atoms with E-state index in [1.54, 1.807) is 18.2 Å². The Morgan fingerprint density at radius 1 is 1.22 bits per heavy atom. The van der Waals surface area contributed by atoms with E-state index in [2.05, 4.69) is 20.7 Å². The SMILES string of the molecule is NNc1cc(NCc2ccc(F)c(Cl)c2)ncn1. The molecule has 2 rings (SSSR count). The topological polar surface area (TPSA) is 75.9 Å². The summed E-state index contributed by atoms with van der Waals surface area (Å²) in [6, 6.07) is 6.20. The lowest BCUT2D eigenvalue weighted by Crippen LogP contribution is -2.10. The number of nitrogens with one attached hydrogen (secondary N) is 2. The number of halogens is 2. The number of hydrazine groups is 1. The van der Waals surface area contributed by atoms with E-state index >= 15 is 0 Å². The van der Waals surface area contributed by atoms with Crippen molar-refractivity contribution in [1.29, 1.82) is 0 Å². The molecule has 0 bridgehead atoms. The molecular formula is C11H11ClFN5. The number of benzene rings is 1. The second-order valence-corrected chi connectivity index (χ2v) is 3.94. The van der Waals surface area contributed by atoms with Gasteiger partial charge in [0.05, 0.1) is 5.02 Å². The Kier molecular flexibility index (Phi) is 3.91. The highest BCUT2D eigenvalue weighted by Crippen LogP contribution is 2.17. The van der Waals surface area contributed by atoms with E-state index in [9.17, 15) is 4.39 Å². The van der Waals surface area contributed by atoms with Crippen LogP contribution in [0.4, 0.5) is 16.0 Å². The van der Waals surface area contributed by atoms with Gasteiger partial charge in [-0.3, -0.25) is 0 Å². The maximum absolute atomic E-state index is 13.0. The average molecular weight is 268 g/mol. The van der Waals surface area contributed by atoms with E-state index < -0.39 is 5.82 Å². The first-order chi connectivity index (χ1) is 8.69. The van der Waals surface area contributed by atoms with Gasteiger partial charge in [-0.15, -0.1) is 0 Å². The number of nitrogens with two attached hydrogens (primary N) is 1. The molecule has 1 aromatic heterocycles. The smallest absolute Gasteiger partial charge is 0.145 e. The van der Waals surface area contributed by atoms with Crippen LogP contribution in [0.2, 0.25) is 5.02 Å². The molecule has 0 atom stereocenters. The third-order valence-electron chi connectivity index (χ3n) is 2.27. The summed E-state index contributed by atoms with van der Waals surface area (Å²) >= 11 is 5.69. The minimum atomic E-state index is -0.433. The summed E-state index contributed by atoms with van der Waals surface area (Å²) < 4.78 is 13.0. The van der Waals surface area contributed by atoms with Crippen molar-refractivity contribution < 1.29 is 4.39 Å². The highest BCUT2D eigenvalue weighted by atomic mass is 35.5. The Bertz CT molecular complexity index is 549. The quantitative estimate of drug-likeness (QED) is 0.585. The first kappa shape index (κ1) is 12.5. The Balaban J connectivity index is 2.04. The van der Waals surface area contributed by atoms with Gasteiger partial charge in [-0.05, 0) is 17.7 Å². The fourth-order valence-electron chi connectivity index (χ4n) is 1.38. The maximum atomic E-state index is 13.0. The molecule has 4 N–H and O–H groups in total. The van der Waals surface area contributed by atoms with Gasteiger partial charge >= 0.3 is 0 Å². The maximum Gasteiger partial charge on any atom is 0.145 e. The van der Waals surface area contributed by atoms with Crippen molar-refractivity contribution in [2.45, 2.75) is 6.54 Å². The normalized spacial score (nSPS) is 10.2. The minimum absolute atomic E-state index is 0.0984. The largest absolute Gasteiger partial charge is 0.366 e. The summed E-state index contributed by atoms with van der Waals surface area (Å²) in [5, 5.41) is 3.15. The predicted molar refractivity (Wildman–Crippen MR) is 68.6 cm³/mol.